The van der Waals surface area contributed by atoms with Gasteiger partial charge in [-0.3, -0.25) is 10.1 Å². The minimum atomic E-state index is -0.382. The standard InChI is InChI=1S/C12H16ClN3O2/c13-10-4-1-5-11(16(17)18)12(10)15-6-2-3-9(7-14)8-15/h1,4-5,9H,2-3,6-8,14H2. The van der Waals surface area contributed by atoms with E-state index >= 15 is 0 Å². The average Bonchev–Trinajstić information content (AvgIpc) is 2.38. The molecule has 1 atom stereocenters. The lowest BCUT2D eigenvalue weighted by atomic mass is 9.97. The Bertz CT molecular complexity index is 453. The van der Waals surface area contributed by atoms with Crippen LogP contribution in [-0.2, 0) is 0 Å². The quantitative estimate of drug-likeness (QED) is 0.676. The van der Waals surface area contributed by atoms with Crippen molar-refractivity contribution in [3.05, 3.63) is 33.3 Å². The molecule has 1 aliphatic heterocycles. The number of hydrogen-bond acceptors (Lipinski definition) is 4. The van der Waals surface area contributed by atoms with Crippen LogP contribution in [0.5, 0.6) is 0 Å². The Hall–Kier alpha value is -1.33. The number of hydrogen-bond donors (Lipinski definition) is 1. The summed E-state index contributed by atoms with van der Waals surface area (Å²) in [6, 6.07) is 4.79. The van der Waals surface area contributed by atoms with Gasteiger partial charge in [0.2, 0.25) is 0 Å². The molecule has 0 aromatic heterocycles. The highest BCUT2D eigenvalue weighted by molar-refractivity contribution is 6.33. The Morgan fingerprint density at radius 3 is 3.00 bits per heavy atom. The second-order valence-corrected chi connectivity index (χ2v) is 4.96. The second-order valence-electron chi connectivity index (χ2n) is 4.55. The summed E-state index contributed by atoms with van der Waals surface area (Å²) in [5.41, 5.74) is 6.29. The van der Waals surface area contributed by atoms with Crippen LogP contribution in [0.2, 0.25) is 5.02 Å². The van der Waals surface area contributed by atoms with E-state index in [1.807, 2.05) is 4.90 Å². The molecule has 0 bridgehead atoms. The highest BCUT2D eigenvalue weighted by Gasteiger charge is 2.26. The predicted molar refractivity (Wildman–Crippen MR) is 72.1 cm³/mol. The smallest absolute Gasteiger partial charge is 0.294 e. The molecule has 0 aliphatic carbocycles. The first kappa shape index (κ1) is 13.1. The third kappa shape index (κ3) is 2.57. The van der Waals surface area contributed by atoms with Crippen molar-refractivity contribution < 1.29 is 4.92 Å². The van der Waals surface area contributed by atoms with E-state index in [2.05, 4.69) is 0 Å². The van der Waals surface area contributed by atoms with Crippen molar-refractivity contribution in [2.45, 2.75) is 12.8 Å². The first-order valence-electron chi connectivity index (χ1n) is 6.01. The predicted octanol–water partition coefficient (Wildman–Crippen LogP) is 2.42. The van der Waals surface area contributed by atoms with Crippen molar-refractivity contribution in [1.82, 2.24) is 0 Å². The van der Waals surface area contributed by atoms with Gasteiger partial charge in [-0.25, -0.2) is 0 Å². The first-order valence-corrected chi connectivity index (χ1v) is 6.39. The summed E-state index contributed by atoms with van der Waals surface area (Å²) in [4.78, 5) is 12.7. The number of nitrogens with two attached hydrogens (primary N) is 1. The fourth-order valence-corrected chi connectivity index (χ4v) is 2.71. The maximum Gasteiger partial charge on any atom is 0.294 e. The van der Waals surface area contributed by atoms with Gasteiger partial charge in [0, 0.05) is 19.2 Å². The molecule has 0 spiro atoms. The Morgan fingerprint density at radius 2 is 2.33 bits per heavy atom. The van der Waals surface area contributed by atoms with E-state index < -0.39 is 0 Å². The van der Waals surface area contributed by atoms with Gasteiger partial charge in [0.15, 0.2) is 0 Å². The average molecular weight is 270 g/mol. The first-order chi connectivity index (χ1) is 8.63. The van der Waals surface area contributed by atoms with E-state index in [4.69, 9.17) is 17.3 Å². The summed E-state index contributed by atoms with van der Waals surface area (Å²) in [7, 11) is 0. The van der Waals surface area contributed by atoms with Crippen molar-refractivity contribution in [3.63, 3.8) is 0 Å². The van der Waals surface area contributed by atoms with Crippen molar-refractivity contribution in [1.29, 1.82) is 0 Å². The Kier molecular flexibility index (Phi) is 4.04. The molecule has 1 fully saturated rings. The van der Waals surface area contributed by atoms with E-state index in [1.165, 1.54) is 6.07 Å². The summed E-state index contributed by atoms with van der Waals surface area (Å²) in [6.07, 6.45) is 2.06. The molecule has 6 heteroatoms. The van der Waals surface area contributed by atoms with Gasteiger partial charge in [-0.2, -0.15) is 0 Å². The molecule has 2 rings (SSSR count). The Balaban J connectivity index is 2.34. The number of nitro benzene ring substituents is 1. The Morgan fingerprint density at radius 1 is 1.56 bits per heavy atom. The lowest BCUT2D eigenvalue weighted by Crippen LogP contribution is -2.38. The number of piperidine rings is 1. The number of benzene rings is 1. The molecule has 1 aromatic rings. The molecule has 1 unspecified atom stereocenters. The number of nitrogens with zero attached hydrogens (tertiary/aromatic N) is 2. The Labute approximate surface area is 111 Å². The molecule has 98 valence electrons. The van der Waals surface area contributed by atoms with E-state index in [9.17, 15) is 10.1 Å². The van der Waals surface area contributed by atoms with Crippen molar-refractivity contribution in [2.24, 2.45) is 11.7 Å². The summed E-state index contributed by atoms with van der Waals surface area (Å²) in [6.45, 7) is 2.14. The van der Waals surface area contributed by atoms with Gasteiger partial charge < -0.3 is 10.6 Å². The molecule has 0 radical (unpaired) electrons. The molecule has 2 N–H and O–H groups in total. The monoisotopic (exact) mass is 269 g/mol. The molecular weight excluding hydrogens is 254 g/mol. The van der Waals surface area contributed by atoms with Gasteiger partial charge >= 0.3 is 0 Å². The van der Waals surface area contributed by atoms with Gasteiger partial charge in [-0.15, -0.1) is 0 Å². The van der Waals surface area contributed by atoms with E-state index in [0.29, 0.717) is 23.2 Å². The van der Waals surface area contributed by atoms with Crippen LogP contribution in [0, 0.1) is 16.0 Å². The normalized spacial score (nSPS) is 19.9. The van der Waals surface area contributed by atoms with Gasteiger partial charge in [0.25, 0.3) is 5.69 Å². The van der Waals surface area contributed by atoms with E-state index in [1.54, 1.807) is 12.1 Å². The number of para-hydroxylation sites is 1. The number of rotatable bonds is 3. The molecule has 0 saturated carbocycles. The highest BCUT2D eigenvalue weighted by atomic mass is 35.5. The minimum Gasteiger partial charge on any atom is -0.364 e. The number of anilines is 1. The van der Waals surface area contributed by atoms with E-state index in [-0.39, 0.29) is 10.6 Å². The maximum absolute atomic E-state index is 11.1. The van der Waals surface area contributed by atoms with Gasteiger partial charge in [0.1, 0.15) is 5.69 Å². The summed E-state index contributed by atoms with van der Waals surface area (Å²) in [5.74, 6) is 0.384. The van der Waals surface area contributed by atoms with Crippen LogP contribution < -0.4 is 10.6 Å². The van der Waals surface area contributed by atoms with Crippen LogP contribution in [0.15, 0.2) is 18.2 Å². The van der Waals surface area contributed by atoms with Crippen LogP contribution in [0.1, 0.15) is 12.8 Å². The minimum absolute atomic E-state index is 0.0696. The molecule has 18 heavy (non-hydrogen) atoms. The zero-order valence-corrected chi connectivity index (χ0v) is 10.8. The zero-order chi connectivity index (χ0) is 13.1. The molecule has 5 nitrogen and oxygen atoms in total. The molecule has 1 aromatic carbocycles. The molecule has 1 saturated heterocycles. The SMILES string of the molecule is NCC1CCCN(c2c(Cl)cccc2[N+](=O)[O-])C1. The maximum atomic E-state index is 11.1. The van der Waals surface area contributed by atoms with Gasteiger partial charge in [-0.1, -0.05) is 17.7 Å². The van der Waals surface area contributed by atoms with Crippen molar-refractivity contribution in [2.75, 3.05) is 24.5 Å². The van der Waals surface area contributed by atoms with Crippen LogP contribution >= 0.6 is 11.6 Å². The van der Waals surface area contributed by atoms with Crippen LogP contribution in [-0.4, -0.2) is 24.6 Å². The van der Waals surface area contributed by atoms with Crippen LogP contribution in [0.25, 0.3) is 0 Å². The zero-order valence-electron chi connectivity index (χ0n) is 10.0. The molecule has 0 amide bonds. The van der Waals surface area contributed by atoms with Gasteiger partial charge in [-0.05, 0) is 31.4 Å². The number of nitro groups is 1. The fourth-order valence-electron chi connectivity index (χ4n) is 2.42. The van der Waals surface area contributed by atoms with Crippen molar-refractivity contribution >= 4 is 23.0 Å². The largest absolute Gasteiger partial charge is 0.364 e. The fraction of sp³-hybridized carbons (Fsp3) is 0.500. The molecule has 1 heterocycles. The number of halogens is 1. The topological polar surface area (TPSA) is 72.4 Å². The van der Waals surface area contributed by atoms with Crippen LogP contribution in [0.3, 0.4) is 0 Å². The summed E-state index contributed by atoms with van der Waals surface area (Å²) < 4.78 is 0. The third-order valence-corrected chi connectivity index (χ3v) is 3.64. The lowest BCUT2D eigenvalue weighted by molar-refractivity contribution is -0.384. The van der Waals surface area contributed by atoms with Crippen LogP contribution in [0.4, 0.5) is 11.4 Å². The summed E-state index contributed by atoms with van der Waals surface area (Å²) in [5, 5.41) is 11.5. The second kappa shape index (κ2) is 5.54. The third-order valence-electron chi connectivity index (χ3n) is 3.33. The molecular formula is C12H16ClN3O2. The summed E-state index contributed by atoms with van der Waals surface area (Å²) >= 11 is 6.12. The highest BCUT2D eigenvalue weighted by Crippen LogP contribution is 2.37. The van der Waals surface area contributed by atoms with E-state index in [0.717, 1.165) is 25.9 Å². The molecule has 1 aliphatic rings. The lowest BCUT2D eigenvalue weighted by Gasteiger charge is -2.33. The van der Waals surface area contributed by atoms with Crippen molar-refractivity contribution in [3.8, 4) is 0 Å². The van der Waals surface area contributed by atoms with Gasteiger partial charge in [0.05, 0.1) is 9.95 Å².